The molecule has 0 atom stereocenters. The summed E-state index contributed by atoms with van der Waals surface area (Å²) in [6.07, 6.45) is 24.8. The van der Waals surface area contributed by atoms with E-state index in [1.807, 2.05) is 6.07 Å². The molecular formula is C124H142O11S4+4. The van der Waals surface area contributed by atoms with Crippen molar-refractivity contribution in [3.05, 3.63) is 336 Å². The van der Waals surface area contributed by atoms with Crippen molar-refractivity contribution < 1.29 is 52.3 Å². The minimum Gasteiger partial charge on any atom is -0.486 e. The molecule has 10 aliphatic carbocycles. The van der Waals surface area contributed by atoms with Crippen LogP contribution in [0.4, 0.5) is 0 Å². The topological polar surface area (TPSA) is 125 Å². The molecule has 0 N–H and O–H groups in total. The molecule has 139 heavy (non-hydrogen) atoms. The SMILES string of the molecule is CCC1(OC(=O)COc2c(C)cc([S+](c3ccccc3)c3ccccc3)cc2C)CCCC1.CCC1(OC(=O)COc2c(C)cc([S+](c3ccccc3)c3ccccc3)cc2C)CCCCC1.Cc1cc(OCC(=O)COC2(C)C3CC4CC(C3)CC2C4)ccc1[S+](c1ccccc1)c1ccccc1.Cc1cc([S+](c2ccccc2)c2ccccc2)cc(C)c1OCOC1(C)C2CC3CC(C2)CC1C3. The zero-order valence-electron chi connectivity index (χ0n) is 83.4. The number of esters is 2. The van der Waals surface area contributed by atoms with Crippen molar-refractivity contribution >= 4 is 61.3 Å². The highest BCUT2D eigenvalue weighted by atomic mass is 32.2. The average molecular weight is 1940 g/mol. The maximum Gasteiger partial charge on any atom is 0.344 e. The highest BCUT2D eigenvalue weighted by molar-refractivity contribution is 7.98. The molecule has 0 aliphatic heterocycles. The molecular weight excluding hydrogens is 1790 g/mol. The lowest BCUT2D eigenvalue weighted by Gasteiger charge is -2.59. The van der Waals surface area contributed by atoms with Crippen LogP contribution in [0.3, 0.4) is 0 Å². The van der Waals surface area contributed by atoms with Gasteiger partial charge in [-0.15, -0.1) is 0 Å². The van der Waals surface area contributed by atoms with E-state index in [1.54, 1.807) is 0 Å². The molecule has 0 radical (unpaired) electrons. The van der Waals surface area contributed by atoms with Crippen molar-refractivity contribution in [3.63, 3.8) is 0 Å². The minimum atomic E-state index is -0.299. The fourth-order valence-corrected chi connectivity index (χ4v) is 33.2. The highest BCUT2D eigenvalue weighted by Gasteiger charge is 2.58. The summed E-state index contributed by atoms with van der Waals surface area (Å²) >= 11 is 0. The van der Waals surface area contributed by atoms with Crippen molar-refractivity contribution in [1.82, 2.24) is 0 Å². The van der Waals surface area contributed by atoms with Gasteiger partial charge in [0.25, 0.3) is 0 Å². The number of hydrogen-bond acceptors (Lipinski definition) is 11. The third-order valence-electron chi connectivity index (χ3n) is 31.1. The number of hydrogen-bond donors (Lipinski definition) is 0. The molecule has 0 unspecified atom stereocenters. The van der Waals surface area contributed by atoms with Crippen molar-refractivity contribution in [3.8, 4) is 23.0 Å². The van der Waals surface area contributed by atoms with Crippen molar-refractivity contribution in [2.75, 3.05) is 33.2 Å². The number of aryl methyl sites for hydroxylation is 7. The van der Waals surface area contributed by atoms with Crippen LogP contribution in [-0.2, 0) is 76.9 Å². The van der Waals surface area contributed by atoms with Crippen LogP contribution in [0.1, 0.15) is 201 Å². The number of Topliss-reactive ketones (excluding diaryl/α,β-unsaturated/α-hetero) is 1. The third kappa shape index (κ3) is 24.1. The van der Waals surface area contributed by atoms with Gasteiger partial charge >= 0.3 is 11.9 Å². The first-order valence-corrected chi connectivity index (χ1v) is 56.0. The lowest BCUT2D eigenvalue weighted by atomic mass is 9.50. The van der Waals surface area contributed by atoms with Gasteiger partial charge in [-0.1, -0.05) is 166 Å². The molecule has 12 aromatic carbocycles. The van der Waals surface area contributed by atoms with Crippen LogP contribution in [0.2, 0.25) is 0 Å². The summed E-state index contributed by atoms with van der Waals surface area (Å²) in [5, 5.41) is 0. The van der Waals surface area contributed by atoms with Crippen molar-refractivity contribution in [2.24, 2.45) is 47.3 Å². The van der Waals surface area contributed by atoms with Crippen molar-refractivity contribution in [1.29, 1.82) is 0 Å². The Kier molecular flexibility index (Phi) is 33.4. The average Bonchev–Trinajstić information content (AvgIpc) is 0.986. The minimum absolute atomic E-state index is 0.0116. The summed E-state index contributed by atoms with van der Waals surface area (Å²) in [5.41, 5.74) is 6.95. The quantitative estimate of drug-likeness (QED) is 0.0227. The van der Waals surface area contributed by atoms with E-state index in [0.717, 1.165) is 133 Å². The molecule has 11 nitrogen and oxygen atoms in total. The molecule has 22 rings (SSSR count). The number of carbonyl (C=O) groups excluding carboxylic acids is 3. The molecule has 0 aromatic heterocycles. The molecule has 15 heteroatoms. The molecule has 0 heterocycles. The summed E-state index contributed by atoms with van der Waals surface area (Å²) < 4.78 is 49.2. The second kappa shape index (κ2) is 46.2. The lowest BCUT2D eigenvalue weighted by molar-refractivity contribution is -0.218. The van der Waals surface area contributed by atoms with Gasteiger partial charge in [-0.25, -0.2) is 9.59 Å². The Morgan fingerprint density at radius 1 is 0.281 bits per heavy atom. The van der Waals surface area contributed by atoms with Gasteiger partial charge in [-0.05, 0) is 387 Å². The van der Waals surface area contributed by atoms with Crippen LogP contribution in [0, 0.1) is 95.8 Å². The van der Waals surface area contributed by atoms with Crippen molar-refractivity contribution in [2.45, 2.75) is 292 Å². The molecule has 12 aromatic rings. The Morgan fingerprint density at radius 2 is 0.554 bits per heavy atom. The number of carbonyl (C=O) groups is 3. The molecule has 0 saturated heterocycles. The first-order chi connectivity index (χ1) is 67.5. The molecule has 0 spiro atoms. The maximum absolute atomic E-state index is 12.8. The van der Waals surface area contributed by atoms with Gasteiger partial charge in [0.05, 0.1) is 54.8 Å². The van der Waals surface area contributed by atoms with E-state index in [0.29, 0.717) is 30.5 Å². The van der Waals surface area contributed by atoms with Crippen LogP contribution in [0.25, 0.3) is 0 Å². The second-order valence-corrected chi connectivity index (χ2v) is 48.8. The van der Waals surface area contributed by atoms with E-state index >= 15 is 0 Å². The zero-order valence-corrected chi connectivity index (χ0v) is 86.7. The molecule has 0 amide bonds. The molecule has 10 fully saturated rings. The molecule has 724 valence electrons. The van der Waals surface area contributed by atoms with Crippen LogP contribution >= 0.6 is 0 Å². The van der Waals surface area contributed by atoms with E-state index < -0.39 is 0 Å². The van der Waals surface area contributed by atoms with Crippen LogP contribution < -0.4 is 18.9 Å². The van der Waals surface area contributed by atoms with Crippen LogP contribution in [-0.4, -0.2) is 73.3 Å². The smallest absolute Gasteiger partial charge is 0.344 e. The second-order valence-electron chi connectivity index (χ2n) is 40.7. The van der Waals surface area contributed by atoms with Crippen LogP contribution in [0.15, 0.2) is 356 Å². The van der Waals surface area contributed by atoms with Gasteiger partial charge in [0, 0.05) is 42.0 Å². The standard InChI is InChI=1S/C33H37O3S.C32H37O2S.C30H35O3S.C29H33O3S/c1-23-15-29(13-14-32(23)37(30-9-5-3-6-10-30)31-11-7-4-8-12-31)35-21-28(34)22-36-33(2)26-17-24-16-25(19-26)20-27(33)18-24;1-22-14-30(35(28-10-6-4-7-11-28)29-12-8-5-9-13-29)15-23(2)31(22)33-21-34-32(3)26-17-24-16-25(19-26)20-27(32)18-24;1-4-30(18-12-7-13-19-30)33-28(31)22-32-29-23(2)20-27(21-24(29)3)34(25-14-8-5-9-15-25)26-16-10-6-11-17-26;1-4-29(17-11-12-18-29)32-27(30)21-31-28-22(2)19-26(20-23(28)3)33(24-13-7-5-8-14-24)25-15-9-6-10-16-25/h3-15,24-27H,16-22H2,1-2H3;4-15,24-27H,16-21H2,1-3H3;5-6,8-11,14-17,20-21H,4,7,12-13,18-19,22H2,1-3H3;5-10,13-16,19-20H,4,11-12,17-18,21H2,1-3H3/q4*+1. The van der Waals surface area contributed by atoms with Gasteiger partial charge in [0.1, 0.15) is 47.4 Å². The Morgan fingerprint density at radius 3 is 0.842 bits per heavy atom. The highest BCUT2D eigenvalue weighted by Crippen LogP contribution is 2.61. The first kappa shape index (κ1) is 100. The summed E-state index contributed by atoms with van der Waals surface area (Å²) in [7, 11) is -0.780. The van der Waals surface area contributed by atoms with E-state index in [2.05, 4.69) is 367 Å². The van der Waals surface area contributed by atoms with E-state index in [9.17, 15) is 14.4 Å². The van der Waals surface area contributed by atoms with Gasteiger partial charge in [-0.3, -0.25) is 4.79 Å². The van der Waals surface area contributed by atoms with Gasteiger partial charge in [0.2, 0.25) is 0 Å². The largest absolute Gasteiger partial charge is 0.486 e. The number of ketones is 1. The Bertz CT molecular complexity index is 5770. The molecule has 10 aliphatic rings. The normalized spacial score (nSPS) is 22.0. The molecule has 8 bridgehead atoms. The zero-order chi connectivity index (χ0) is 96.6. The van der Waals surface area contributed by atoms with E-state index in [1.165, 1.54) is 146 Å². The Hall–Kier alpha value is -10.2. The fraction of sp³-hybridized carbons (Fsp3) is 0.395. The van der Waals surface area contributed by atoms with Crippen LogP contribution in [0.5, 0.6) is 23.0 Å². The summed E-state index contributed by atoms with van der Waals surface area (Å²) in [5.74, 6) is 9.12. The summed E-state index contributed by atoms with van der Waals surface area (Å²) in [6.45, 7) is 24.0. The number of ether oxygens (including phenoxy) is 8. The summed E-state index contributed by atoms with van der Waals surface area (Å²) in [4.78, 5) is 53.5. The van der Waals surface area contributed by atoms with Gasteiger partial charge < -0.3 is 37.9 Å². The Labute approximate surface area is 839 Å². The molecule has 10 saturated carbocycles. The van der Waals surface area contributed by atoms with Gasteiger partial charge in [0.15, 0.2) is 84.5 Å². The number of rotatable bonds is 32. The van der Waals surface area contributed by atoms with E-state index in [-0.39, 0.29) is 110 Å². The predicted octanol–water partition coefficient (Wildman–Crippen LogP) is 29.7. The Balaban J connectivity index is 0.000000128. The first-order valence-electron chi connectivity index (χ1n) is 51.1. The fourth-order valence-electron chi connectivity index (χ4n) is 24.2. The lowest BCUT2D eigenvalue weighted by Crippen LogP contribution is -2.57. The predicted molar refractivity (Wildman–Crippen MR) is 564 cm³/mol. The summed E-state index contributed by atoms with van der Waals surface area (Å²) in [6, 6.07) is 105. The number of benzene rings is 12. The third-order valence-corrected chi connectivity index (χ3v) is 40.1. The van der Waals surface area contributed by atoms with Gasteiger partial charge in [-0.2, -0.15) is 0 Å². The van der Waals surface area contributed by atoms with E-state index in [4.69, 9.17) is 37.9 Å². The monoisotopic (exact) mass is 1930 g/mol. The maximum atomic E-state index is 12.8.